The van der Waals surface area contributed by atoms with Crippen LogP contribution in [-0.2, 0) is 11.3 Å². The lowest BCUT2D eigenvalue weighted by Crippen LogP contribution is -2.31. The third-order valence-corrected chi connectivity index (χ3v) is 3.08. The Morgan fingerprint density at radius 2 is 2.15 bits per heavy atom. The predicted octanol–water partition coefficient (Wildman–Crippen LogP) is 0.769. The van der Waals surface area contributed by atoms with Crippen molar-refractivity contribution in [1.82, 2.24) is 4.90 Å². The van der Waals surface area contributed by atoms with Crippen molar-refractivity contribution in [3.8, 4) is 5.75 Å². The minimum atomic E-state index is -0.502. The molecule has 1 aromatic rings. The van der Waals surface area contributed by atoms with Crippen LogP contribution in [0, 0.1) is 0 Å². The van der Waals surface area contributed by atoms with Crippen LogP contribution in [0.15, 0.2) is 18.2 Å². The molecule has 0 saturated heterocycles. The summed E-state index contributed by atoms with van der Waals surface area (Å²) in [5.74, 6) is 0.670. The van der Waals surface area contributed by atoms with Gasteiger partial charge in [0.05, 0.1) is 25.4 Å². The van der Waals surface area contributed by atoms with E-state index in [0.29, 0.717) is 30.4 Å². The van der Waals surface area contributed by atoms with Crippen LogP contribution >= 0.6 is 12.2 Å². The molecule has 1 aromatic carbocycles. The summed E-state index contributed by atoms with van der Waals surface area (Å²) in [4.78, 5) is 2.32. The van der Waals surface area contributed by atoms with E-state index in [2.05, 4.69) is 0 Å². The second kappa shape index (κ2) is 8.16. The Morgan fingerprint density at radius 3 is 2.70 bits per heavy atom. The Bertz CT molecular complexity index is 454. The average molecular weight is 298 g/mol. The van der Waals surface area contributed by atoms with Gasteiger partial charge in [0, 0.05) is 20.2 Å². The first-order chi connectivity index (χ1) is 9.47. The van der Waals surface area contributed by atoms with Crippen molar-refractivity contribution in [3.05, 3.63) is 29.3 Å². The van der Waals surface area contributed by atoms with Crippen LogP contribution in [0.1, 0.15) is 11.1 Å². The molecule has 0 aliphatic heterocycles. The predicted molar refractivity (Wildman–Crippen MR) is 83.1 cm³/mol. The van der Waals surface area contributed by atoms with Gasteiger partial charge in [-0.3, -0.25) is 4.90 Å². The zero-order valence-corrected chi connectivity index (χ0v) is 12.9. The van der Waals surface area contributed by atoms with Gasteiger partial charge in [0.25, 0.3) is 0 Å². The average Bonchev–Trinajstić information content (AvgIpc) is 2.38. The molecule has 1 atom stereocenters. The summed E-state index contributed by atoms with van der Waals surface area (Å²) in [5, 5.41) is 9.70. The van der Waals surface area contributed by atoms with Gasteiger partial charge in [-0.25, -0.2) is 0 Å². The normalized spacial score (nSPS) is 12.4. The molecule has 6 heteroatoms. The number of likely N-dealkylation sites (N-methyl/N-ethyl adjacent to an activating group) is 1. The third-order valence-electron chi connectivity index (χ3n) is 2.86. The maximum absolute atomic E-state index is 9.70. The molecule has 3 N–H and O–H groups in total. The van der Waals surface area contributed by atoms with Gasteiger partial charge in [0.1, 0.15) is 10.7 Å². The molecule has 0 fully saturated rings. The lowest BCUT2D eigenvalue weighted by Gasteiger charge is -2.20. The Kier molecular flexibility index (Phi) is 6.87. The van der Waals surface area contributed by atoms with E-state index in [1.165, 1.54) is 0 Å². The molecule has 0 heterocycles. The quantitative estimate of drug-likeness (QED) is 0.691. The Labute approximate surface area is 125 Å². The van der Waals surface area contributed by atoms with Crippen molar-refractivity contribution in [1.29, 1.82) is 0 Å². The first-order valence-electron chi connectivity index (χ1n) is 6.30. The highest BCUT2D eigenvalue weighted by molar-refractivity contribution is 7.80. The van der Waals surface area contributed by atoms with Crippen LogP contribution < -0.4 is 10.5 Å². The van der Waals surface area contributed by atoms with Gasteiger partial charge in [-0.2, -0.15) is 0 Å². The topological polar surface area (TPSA) is 68.0 Å². The van der Waals surface area contributed by atoms with E-state index in [0.717, 1.165) is 11.1 Å². The van der Waals surface area contributed by atoms with Crippen LogP contribution in [0.2, 0.25) is 0 Å². The van der Waals surface area contributed by atoms with Gasteiger partial charge in [-0.15, -0.1) is 0 Å². The van der Waals surface area contributed by atoms with Gasteiger partial charge in [0.15, 0.2) is 0 Å². The van der Waals surface area contributed by atoms with Crippen molar-refractivity contribution >= 4 is 17.2 Å². The molecule has 1 rings (SSSR count). The number of nitrogens with two attached hydrogens (primary N) is 1. The van der Waals surface area contributed by atoms with Crippen LogP contribution in [0.25, 0.3) is 0 Å². The van der Waals surface area contributed by atoms with Crippen molar-refractivity contribution in [2.24, 2.45) is 5.73 Å². The zero-order valence-electron chi connectivity index (χ0n) is 12.1. The van der Waals surface area contributed by atoms with Crippen LogP contribution in [0.4, 0.5) is 0 Å². The van der Waals surface area contributed by atoms with Crippen molar-refractivity contribution in [2.45, 2.75) is 12.6 Å². The first kappa shape index (κ1) is 16.8. The van der Waals surface area contributed by atoms with Gasteiger partial charge < -0.3 is 20.3 Å². The number of benzene rings is 1. The largest absolute Gasteiger partial charge is 0.496 e. The van der Waals surface area contributed by atoms with Crippen LogP contribution in [0.3, 0.4) is 0 Å². The van der Waals surface area contributed by atoms with Crippen LogP contribution in [0.5, 0.6) is 5.75 Å². The molecular weight excluding hydrogens is 276 g/mol. The molecule has 20 heavy (non-hydrogen) atoms. The van der Waals surface area contributed by atoms with E-state index in [4.69, 9.17) is 27.4 Å². The summed E-state index contributed by atoms with van der Waals surface area (Å²) < 4.78 is 10.1. The number of aliphatic hydroxyl groups excluding tert-OH is 1. The molecule has 0 bridgehead atoms. The second-order valence-electron chi connectivity index (χ2n) is 4.70. The lowest BCUT2D eigenvalue weighted by molar-refractivity contribution is 0.0419. The number of hydrogen-bond acceptors (Lipinski definition) is 5. The first-order valence-corrected chi connectivity index (χ1v) is 6.71. The van der Waals surface area contributed by atoms with E-state index in [9.17, 15) is 5.11 Å². The van der Waals surface area contributed by atoms with Gasteiger partial charge in [-0.1, -0.05) is 18.3 Å². The number of aliphatic hydroxyl groups is 1. The fourth-order valence-corrected chi connectivity index (χ4v) is 2.19. The van der Waals surface area contributed by atoms with Gasteiger partial charge in [0.2, 0.25) is 0 Å². The molecule has 0 amide bonds. The van der Waals surface area contributed by atoms with E-state index < -0.39 is 6.10 Å². The number of nitrogens with zero attached hydrogens (tertiary/aromatic N) is 1. The summed E-state index contributed by atoms with van der Waals surface area (Å²) in [7, 11) is 5.09. The molecule has 112 valence electrons. The Balaban J connectivity index is 2.72. The van der Waals surface area contributed by atoms with Crippen molar-refractivity contribution < 1.29 is 14.6 Å². The monoisotopic (exact) mass is 298 g/mol. The molecule has 0 aliphatic carbocycles. The standard InChI is InChI=1S/C14H22N2O3S/c1-16(8-11(17)9-18-2)7-10-4-5-13(19-3)12(6-10)14(15)20/h4-6,11,17H,7-9H2,1-3H3,(H2,15,20). The molecule has 0 radical (unpaired) electrons. The number of methoxy groups -OCH3 is 2. The minimum Gasteiger partial charge on any atom is -0.496 e. The number of rotatable bonds is 8. The highest BCUT2D eigenvalue weighted by Crippen LogP contribution is 2.20. The van der Waals surface area contributed by atoms with E-state index in [1.54, 1.807) is 14.2 Å². The summed E-state index contributed by atoms with van der Waals surface area (Å²) in [6.07, 6.45) is -0.502. The van der Waals surface area contributed by atoms with E-state index >= 15 is 0 Å². The maximum Gasteiger partial charge on any atom is 0.129 e. The molecule has 0 saturated carbocycles. The summed E-state index contributed by atoms with van der Waals surface area (Å²) in [6, 6.07) is 5.73. The molecular formula is C14H22N2O3S. The van der Waals surface area contributed by atoms with E-state index in [-0.39, 0.29) is 0 Å². The minimum absolute atomic E-state index is 0.311. The maximum atomic E-state index is 9.70. The van der Waals surface area contributed by atoms with Crippen molar-refractivity contribution in [3.63, 3.8) is 0 Å². The molecule has 0 aromatic heterocycles. The molecule has 0 spiro atoms. The molecule has 5 nitrogen and oxygen atoms in total. The highest BCUT2D eigenvalue weighted by atomic mass is 32.1. The summed E-state index contributed by atoms with van der Waals surface area (Å²) in [6.45, 7) is 1.54. The zero-order chi connectivity index (χ0) is 15.1. The van der Waals surface area contributed by atoms with Crippen LogP contribution in [-0.4, -0.2) is 55.5 Å². The van der Waals surface area contributed by atoms with E-state index in [1.807, 2.05) is 30.1 Å². The van der Waals surface area contributed by atoms with Crippen molar-refractivity contribution in [2.75, 3.05) is 34.4 Å². The molecule has 1 unspecified atom stereocenters. The number of hydrogen-bond donors (Lipinski definition) is 2. The fourth-order valence-electron chi connectivity index (χ4n) is 2.03. The fraction of sp³-hybridized carbons (Fsp3) is 0.500. The second-order valence-corrected chi connectivity index (χ2v) is 5.14. The Hall–Kier alpha value is -1.21. The molecule has 0 aliphatic rings. The van der Waals surface area contributed by atoms with Gasteiger partial charge in [-0.05, 0) is 24.7 Å². The smallest absolute Gasteiger partial charge is 0.129 e. The lowest BCUT2D eigenvalue weighted by atomic mass is 10.1. The number of ether oxygens (including phenoxy) is 2. The van der Waals surface area contributed by atoms with Gasteiger partial charge >= 0.3 is 0 Å². The third kappa shape index (κ3) is 5.05. The highest BCUT2D eigenvalue weighted by Gasteiger charge is 2.11. The number of thiocarbonyl (C=S) groups is 1. The Morgan fingerprint density at radius 1 is 1.45 bits per heavy atom. The summed E-state index contributed by atoms with van der Waals surface area (Å²) >= 11 is 5.02. The summed E-state index contributed by atoms with van der Waals surface area (Å²) in [5.41, 5.74) is 7.48. The SMILES string of the molecule is COCC(O)CN(C)Cc1ccc(OC)c(C(N)=S)c1.